The zero-order chi connectivity index (χ0) is 38.6. The molecule has 4 aliphatic heterocycles. The fourth-order valence-corrected chi connectivity index (χ4v) is 8.89. The molecule has 0 aromatic heterocycles. The Labute approximate surface area is 329 Å². The van der Waals surface area contributed by atoms with Gasteiger partial charge in [0.2, 0.25) is 11.8 Å². The summed E-state index contributed by atoms with van der Waals surface area (Å²) in [6.45, 7) is 11.3. The van der Waals surface area contributed by atoms with E-state index in [9.17, 15) is 19.5 Å². The summed E-state index contributed by atoms with van der Waals surface area (Å²) < 4.78 is 6.26. The summed E-state index contributed by atoms with van der Waals surface area (Å²) in [5.74, 6) is 0.996. The molecule has 3 saturated heterocycles. The third kappa shape index (κ3) is 8.22. The van der Waals surface area contributed by atoms with Gasteiger partial charge in [0.05, 0.1) is 0 Å². The van der Waals surface area contributed by atoms with Crippen molar-refractivity contribution in [2.24, 2.45) is 5.92 Å². The lowest BCUT2D eigenvalue weighted by Gasteiger charge is -2.37. The second-order valence-electron chi connectivity index (χ2n) is 15.5. The Hall–Kier alpha value is -5.45. The number of anilines is 1. The number of aromatic hydroxyl groups is 1. The van der Waals surface area contributed by atoms with E-state index in [0.717, 1.165) is 92.5 Å². The Balaban J connectivity index is 0.798. The number of phenolic OH excluding ortho intramolecular Hbond substituents is 1. The molecule has 0 aliphatic carbocycles. The molecule has 3 fully saturated rings. The summed E-state index contributed by atoms with van der Waals surface area (Å²) in [4.78, 5) is 46.3. The van der Waals surface area contributed by atoms with Gasteiger partial charge in [-0.05, 0) is 108 Å². The van der Waals surface area contributed by atoms with Crippen LogP contribution in [0.5, 0.6) is 11.5 Å². The maximum absolute atomic E-state index is 13.1. The largest absolute Gasteiger partial charge is 0.508 e. The third-order valence-electron chi connectivity index (χ3n) is 11.9. The minimum atomic E-state index is -0.591. The normalized spacial score (nSPS) is 20.9. The van der Waals surface area contributed by atoms with Gasteiger partial charge in [0.15, 0.2) is 0 Å². The minimum absolute atomic E-state index is 0.128. The number of phenols is 1. The van der Waals surface area contributed by atoms with Crippen molar-refractivity contribution in [1.29, 1.82) is 0 Å². The number of rotatable bonds is 12. The zero-order valence-corrected chi connectivity index (χ0v) is 32.2. The fraction of sp³-hybridized carbons (Fsp3) is 0.370. The average Bonchev–Trinajstić information content (AvgIpc) is 3.81. The van der Waals surface area contributed by atoms with Crippen molar-refractivity contribution in [2.45, 2.75) is 45.2 Å². The van der Waals surface area contributed by atoms with Crippen LogP contribution in [0.15, 0.2) is 97.1 Å². The van der Waals surface area contributed by atoms with Crippen molar-refractivity contribution in [2.75, 3.05) is 63.9 Å². The van der Waals surface area contributed by atoms with E-state index in [2.05, 4.69) is 81.5 Å². The summed E-state index contributed by atoms with van der Waals surface area (Å²) in [5, 5.41) is 12.3. The maximum Gasteiger partial charge on any atom is 0.255 e. The van der Waals surface area contributed by atoms with Crippen LogP contribution in [0.2, 0.25) is 0 Å². The number of hydrogen-bond acceptors (Lipinski definition) is 8. The second-order valence-corrected chi connectivity index (χ2v) is 15.5. The Morgan fingerprint density at radius 3 is 2.25 bits per heavy atom. The van der Waals surface area contributed by atoms with Crippen molar-refractivity contribution in [1.82, 2.24) is 20.0 Å². The Bertz CT molecular complexity index is 2080. The van der Waals surface area contributed by atoms with Crippen LogP contribution in [0.25, 0.3) is 11.1 Å². The van der Waals surface area contributed by atoms with Gasteiger partial charge >= 0.3 is 0 Å². The van der Waals surface area contributed by atoms with Crippen LogP contribution in [-0.4, -0.2) is 103 Å². The molecule has 10 heteroatoms. The van der Waals surface area contributed by atoms with Crippen LogP contribution < -0.4 is 15.0 Å². The molecular weight excluding hydrogens is 703 g/mol. The van der Waals surface area contributed by atoms with Crippen molar-refractivity contribution < 1.29 is 24.2 Å². The Kier molecular flexibility index (Phi) is 11.2. The van der Waals surface area contributed by atoms with Gasteiger partial charge in [-0.25, -0.2) is 0 Å². The lowest BCUT2D eigenvalue weighted by molar-refractivity contribution is -0.136. The number of ether oxygens (including phenoxy) is 1. The molecule has 290 valence electrons. The molecular formula is C46H51N5O5. The van der Waals surface area contributed by atoms with Gasteiger partial charge < -0.3 is 19.6 Å². The van der Waals surface area contributed by atoms with Gasteiger partial charge in [-0.2, -0.15) is 0 Å². The molecule has 2 atom stereocenters. The SMILES string of the molecule is CC/C(=C(\c1ccc(O)cc1)c1ccc(OCCN2CCC(CN3CCN(c4ccc5c(c4)CN(C4CCC(=O)NC4=O)C5=O)CC3)C2)cc1)c1ccccc1. The first-order valence-electron chi connectivity index (χ1n) is 20.1. The molecule has 0 bridgehead atoms. The first kappa shape index (κ1) is 37.5. The van der Waals surface area contributed by atoms with Crippen LogP contribution >= 0.6 is 0 Å². The maximum atomic E-state index is 13.1. The third-order valence-corrected chi connectivity index (χ3v) is 11.9. The minimum Gasteiger partial charge on any atom is -0.508 e. The molecule has 10 nitrogen and oxygen atoms in total. The lowest BCUT2D eigenvalue weighted by Crippen LogP contribution is -2.52. The molecule has 3 amide bonds. The number of hydrogen-bond donors (Lipinski definition) is 2. The molecule has 8 rings (SSSR count). The van der Waals surface area contributed by atoms with Crippen LogP contribution in [0.4, 0.5) is 5.69 Å². The first-order valence-corrected chi connectivity index (χ1v) is 20.1. The number of piperazine rings is 1. The van der Waals surface area contributed by atoms with E-state index in [0.29, 0.717) is 31.1 Å². The van der Waals surface area contributed by atoms with E-state index in [4.69, 9.17) is 4.74 Å². The summed E-state index contributed by atoms with van der Waals surface area (Å²) in [5.41, 5.74) is 8.54. The number of benzene rings is 4. The highest BCUT2D eigenvalue weighted by atomic mass is 16.5. The van der Waals surface area contributed by atoms with E-state index in [1.54, 1.807) is 17.0 Å². The van der Waals surface area contributed by atoms with Gasteiger partial charge in [-0.15, -0.1) is 0 Å². The van der Waals surface area contributed by atoms with E-state index < -0.39 is 6.04 Å². The Morgan fingerprint density at radius 2 is 1.54 bits per heavy atom. The highest BCUT2D eigenvalue weighted by Crippen LogP contribution is 2.36. The molecule has 4 aromatic rings. The van der Waals surface area contributed by atoms with Gasteiger partial charge in [-0.1, -0.05) is 61.5 Å². The second kappa shape index (κ2) is 16.7. The molecule has 0 spiro atoms. The number of carbonyl (C=O) groups excluding carboxylic acids is 3. The number of imide groups is 1. The van der Waals surface area contributed by atoms with Crippen molar-refractivity contribution in [3.63, 3.8) is 0 Å². The monoisotopic (exact) mass is 753 g/mol. The summed E-state index contributed by atoms with van der Waals surface area (Å²) in [6, 6.07) is 31.9. The number of amides is 3. The fourth-order valence-electron chi connectivity index (χ4n) is 8.89. The number of fused-ring (bicyclic) bond motifs is 1. The topological polar surface area (TPSA) is 106 Å². The van der Waals surface area contributed by atoms with E-state index >= 15 is 0 Å². The number of allylic oxidation sites excluding steroid dienone is 1. The first-order chi connectivity index (χ1) is 27.3. The molecule has 4 aromatic carbocycles. The number of nitrogens with one attached hydrogen (secondary N) is 1. The number of carbonyl (C=O) groups is 3. The summed E-state index contributed by atoms with van der Waals surface area (Å²) in [6.07, 6.45) is 2.71. The highest BCUT2D eigenvalue weighted by Gasteiger charge is 2.39. The molecule has 2 N–H and O–H groups in total. The van der Waals surface area contributed by atoms with Gasteiger partial charge in [0.1, 0.15) is 24.1 Å². The predicted octanol–water partition coefficient (Wildman–Crippen LogP) is 6.05. The predicted molar refractivity (Wildman–Crippen MR) is 218 cm³/mol. The van der Waals surface area contributed by atoms with E-state index in [-0.39, 0.29) is 29.9 Å². The van der Waals surface area contributed by atoms with Gasteiger partial charge in [-0.3, -0.25) is 29.5 Å². The van der Waals surface area contributed by atoms with Crippen molar-refractivity contribution in [3.8, 4) is 11.5 Å². The number of likely N-dealkylation sites (tertiary alicyclic amines) is 1. The van der Waals surface area contributed by atoms with Gasteiger partial charge in [0, 0.05) is 70.0 Å². The van der Waals surface area contributed by atoms with Crippen LogP contribution in [0, 0.1) is 5.92 Å². The van der Waals surface area contributed by atoms with Crippen molar-refractivity contribution in [3.05, 3.63) is 125 Å². The standard InChI is InChI=1S/C46H51N5O5/c1-2-40(33-6-4-3-5-7-33)44(34-8-13-38(52)14-9-34)35-10-15-39(16-11-35)56-27-26-48-21-20-32(29-48)30-49-22-24-50(25-23-49)37-12-17-41-36(28-37)31-51(46(41)55)42-18-19-43(53)47-45(42)54/h3-17,28,32,42,52H,2,18-27,29-31H2,1H3,(H,47,53,54)/b44-40-. The summed E-state index contributed by atoms with van der Waals surface area (Å²) >= 11 is 0. The number of nitrogens with zero attached hydrogens (tertiary/aromatic N) is 4. The molecule has 4 heterocycles. The molecule has 0 radical (unpaired) electrons. The molecule has 4 aliphatic rings. The molecule has 56 heavy (non-hydrogen) atoms. The van der Waals surface area contributed by atoms with E-state index in [1.165, 1.54) is 17.6 Å². The molecule has 2 unspecified atom stereocenters. The lowest BCUT2D eigenvalue weighted by atomic mass is 9.88. The smallest absolute Gasteiger partial charge is 0.255 e. The van der Waals surface area contributed by atoms with Crippen molar-refractivity contribution >= 4 is 34.6 Å². The van der Waals surface area contributed by atoms with Crippen LogP contribution in [-0.2, 0) is 16.1 Å². The Morgan fingerprint density at radius 1 is 0.804 bits per heavy atom. The zero-order valence-electron chi connectivity index (χ0n) is 32.2. The van der Waals surface area contributed by atoms with Gasteiger partial charge in [0.25, 0.3) is 5.91 Å². The highest BCUT2D eigenvalue weighted by molar-refractivity contribution is 6.05. The quantitative estimate of drug-likeness (QED) is 0.133. The molecule has 0 saturated carbocycles. The van der Waals surface area contributed by atoms with Crippen LogP contribution in [0.1, 0.15) is 65.2 Å². The van der Waals surface area contributed by atoms with Crippen LogP contribution in [0.3, 0.4) is 0 Å². The average molecular weight is 754 g/mol. The number of piperidine rings is 1. The summed E-state index contributed by atoms with van der Waals surface area (Å²) in [7, 11) is 0. The van der Waals surface area contributed by atoms with E-state index in [1.807, 2.05) is 30.3 Å².